The zero-order chi connectivity index (χ0) is 18.8. The number of nitrogens with one attached hydrogen (secondary N) is 2. The number of fused-ring (bicyclic) bond motifs is 1. The Labute approximate surface area is 162 Å². The number of aryl methyl sites for hydroxylation is 1. The standard InChI is InChI=1S/C22H20N2O2S/c1-23-21(26)19-17-8-5-9-18(17)27-22(19)24-20(25)16-12-10-15(11-13-16)14-6-3-2-4-7-14/h2-4,6-7,10-13H,5,8-9H2,1H3,(H,23,26)(H,24,25). The molecule has 5 heteroatoms. The first kappa shape index (κ1) is 17.5. The van der Waals surface area contributed by atoms with Gasteiger partial charge in [-0.1, -0.05) is 42.5 Å². The molecule has 1 aliphatic carbocycles. The molecule has 0 saturated heterocycles. The summed E-state index contributed by atoms with van der Waals surface area (Å²) in [5, 5.41) is 6.29. The Bertz CT molecular complexity index is 991. The number of hydrogen-bond donors (Lipinski definition) is 2. The number of amides is 2. The fourth-order valence-electron chi connectivity index (χ4n) is 3.48. The monoisotopic (exact) mass is 376 g/mol. The van der Waals surface area contributed by atoms with Gasteiger partial charge < -0.3 is 10.6 Å². The third-order valence-corrected chi connectivity index (χ3v) is 6.06. The molecule has 0 saturated carbocycles. The van der Waals surface area contributed by atoms with Crippen LogP contribution in [0.5, 0.6) is 0 Å². The molecule has 2 N–H and O–H groups in total. The van der Waals surface area contributed by atoms with E-state index in [1.54, 1.807) is 7.05 Å². The molecule has 2 amide bonds. The van der Waals surface area contributed by atoms with Gasteiger partial charge in [0.05, 0.1) is 5.56 Å². The third kappa shape index (κ3) is 3.38. The second kappa shape index (κ2) is 7.37. The van der Waals surface area contributed by atoms with E-state index in [9.17, 15) is 9.59 Å². The zero-order valence-electron chi connectivity index (χ0n) is 15.0. The number of hydrogen-bond acceptors (Lipinski definition) is 3. The molecule has 0 atom stereocenters. The maximum absolute atomic E-state index is 12.7. The summed E-state index contributed by atoms with van der Waals surface area (Å²) in [5.41, 5.74) is 4.47. The predicted molar refractivity (Wildman–Crippen MR) is 110 cm³/mol. The van der Waals surface area contributed by atoms with Crippen molar-refractivity contribution in [3.05, 3.63) is 76.2 Å². The Morgan fingerprint density at radius 3 is 2.30 bits per heavy atom. The van der Waals surface area contributed by atoms with E-state index in [1.165, 1.54) is 16.2 Å². The van der Waals surface area contributed by atoms with Crippen LogP contribution in [-0.4, -0.2) is 18.9 Å². The lowest BCUT2D eigenvalue weighted by Crippen LogP contribution is -2.21. The average Bonchev–Trinajstić information content (AvgIpc) is 3.29. The molecule has 0 radical (unpaired) electrons. The quantitative estimate of drug-likeness (QED) is 0.704. The van der Waals surface area contributed by atoms with Crippen molar-refractivity contribution in [2.24, 2.45) is 0 Å². The molecule has 1 aromatic heterocycles. The van der Waals surface area contributed by atoms with Gasteiger partial charge in [-0.2, -0.15) is 0 Å². The maximum atomic E-state index is 12.7. The van der Waals surface area contributed by atoms with E-state index in [2.05, 4.69) is 10.6 Å². The van der Waals surface area contributed by atoms with Crippen LogP contribution in [-0.2, 0) is 12.8 Å². The Morgan fingerprint density at radius 1 is 0.889 bits per heavy atom. The molecule has 0 bridgehead atoms. The maximum Gasteiger partial charge on any atom is 0.256 e. The summed E-state index contributed by atoms with van der Waals surface area (Å²) in [7, 11) is 1.62. The summed E-state index contributed by atoms with van der Waals surface area (Å²) in [6.07, 6.45) is 2.95. The minimum Gasteiger partial charge on any atom is -0.355 e. The normalized spacial score (nSPS) is 12.5. The molecule has 2 aromatic carbocycles. The van der Waals surface area contributed by atoms with Crippen LogP contribution >= 0.6 is 11.3 Å². The topological polar surface area (TPSA) is 58.2 Å². The molecule has 4 rings (SSSR count). The molecule has 136 valence electrons. The molecule has 3 aromatic rings. The average molecular weight is 376 g/mol. The Hall–Kier alpha value is -2.92. The van der Waals surface area contributed by atoms with Gasteiger partial charge in [0.2, 0.25) is 0 Å². The van der Waals surface area contributed by atoms with Crippen LogP contribution in [0.4, 0.5) is 5.00 Å². The van der Waals surface area contributed by atoms with Crippen LogP contribution in [0.1, 0.15) is 37.6 Å². The largest absolute Gasteiger partial charge is 0.355 e. The molecule has 27 heavy (non-hydrogen) atoms. The van der Waals surface area contributed by atoms with Crippen molar-refractivity contribution in [1.29, 1.82) is 0 Å². The molecule has 0 fully saturated rings. The van der Waals surface area contributed by atoms with Gasteiger partial charge >= 0.3 is 0 Å². The second-order valence-corrected chi connectivity index (χ2v) is 7.64. The van der Waals surface area contributed by atoms with Crippen LogP contribution in [0, 0.1) is 0 Å². The highest BCUT2D eigenvalue weighted by molar-refractivity contribution is 7.17. The number of thiophene rings is 1. The minimum absolute atomic E-state index is 0.135. The first-order chi connectivity index (χ1) is 13.2. The number of benzene rings is 2. The lowest BCUT2D eigenvalue weighted by molar-refractivity contribution is 0.0963. The summed E-state index contributed by atoms with van der Waals surface area (Å²) in [6.45, 7) is 0. The first-order valence-corrected chi connectivity index (χ1v) is 9.82. The van der Waals surface area contributed by atoms with Crippen molar-refractivity contribution < 1.29 is 9.59 Å². The van der Waals surface area contributed by atoms with E-state index >= 15 is 0 Å². The molecule has 1 heterocycles. The minimum atomic E-state index is -0.195. The number of carbonyl (C=O) groups excluding carboxylic acids is 2. The van der Waals surface area contributed by atoms with Gasteiger partial charge in [0.15, 0.2) is 0 Å². The van der Waals surface area contributed by atoms with Crippen LogP contribution in [0.3, 0.4) is 0 Å². The predicted octanol–water partition coefficient (Wildman–Crippen LogP) is 4.52. The van der Waals surface area contributed by atoms with Crippen LogP contribution < -0.4 is 10.6 Å². The third-order valence-electron chi connectivity index (χ3n) is 4.86. The Kier molecular flexibility index (Phi) is 4.77. The summed E-state index contributed by atoms with van der Waals surface area (Å²) in [5.74, 6) is -0.330. The van der Waals surface area contributed by atoms with Crippen LogP contribution in [0.25, 0.3) is 11.1 Å². The van der Waals surface area contributed by atoms with Crippen molar-refractivity contribution >= 4 is 28.2 Å². The van der Waals surface area contributed by atoms with Crippen LogP contribution in [0.15, 0.2) is 54.6 Å². The molecule has 0 aliphatic heterocycles. The van der Waals surface area contributed by atoms with Gasteiger partial charge in [-0.25, -0.2) is 0 Å². The number of anilines is 1. The highest BCUT2D eigenvalue weighted by atomic mass is 32.1. The highest BCUT2D eigenvalue weighted by Gasteiger charge is 2.27. The molecule has 1 aliphatic rings. The molecular weight excluding hydrogens is 356 g/mol. The van der Waals surface area contributed by atoms with Crippen molar-refractivity contribution in [1.82, 2.24) is 5.32 Å². The van der Waals surface area contributed by atoms with Gasteiger partial charge in [0.25, 0.3) is 11.8 Å². The van der Waals surface area contributed by atoms with Gasteiger partial charge in [-0.05, 0) is 48.1 Å². The Morgan fingerprint density at radius 2 is 1.59 bits per heavy atom. The summed E-state index contributed by atoms with van der Waals surface area (Å²) < 4.78 is 0. The fourth-order valence-corrected chi connectivity index (χ4v) is 4.76. The molecule has 4 nitrogen and oxygen atoms in total. The second-order valence-electron chi connectivity index (χ2n) is 6.54. The smallest absolute Gasteiger partial charge is 0.256 e. The van der Waals surface area contributed by atoms with E-state index in [4.69, 9.17) is 0 Å². The van der Waals surface area contributed by atoms with Gasteiger partial charge in [0, 0.05) is 17.5 Å². The zero-order valence-corrected chi connectivity index (χ0v) is 15.9. The highest BCUT2D eigenvalue weighted by Crippen LogP contribution is 2.39. The van der Waals surface area contributed by atoms with Gasteiger partial charge in [-0.3, -0.25) is 9.59 Å². The summed E-state index contributed by atoms with van der Waals surface area (Å²) in [4.78, 5) is 26.2. The lowest BCUT2D eigenvalue weighted by Gasteiger charge is -2.08. The van der Waals surface area contributed by atoms with Gasteiger partial charge in [0.1, 0.15) is 5.00 Å². The lowest BCUT2D eigenvalue weighted by atomic mass is 10.0. The van der Waals surface area contributed by atoms with Crippen LogP contribution in [0.2, 0.25) is 0 Å². The van der Waals surface area contributed by atoms with Crippen molar-refractivity contribution in [2.75, 3.05) is 12.4 Å². The molecular formula is C22H20N2O2S. The summed E-state index contributed by atoms with van der Waals surface area (Å²) in [6, 6.07) is 17.6. The first-order valence-electron chi connectivity index (χ1n) is 9.01. The van der Waals surface area contributed by atoms with Crippen molar-refractivity contribution in [2.45, 2.75) is 19.3 Å². The number of carbonyl (C=O) groups is 2. The summed E-state index contributed by atoms with van der Waals surface area (Å²) >= 11 is 1.52. The fraction of sp³-hybridized carbons (Fsp3) is 0.182. The van der Waals surface area contributed by atoms with Gasteiger partial charge in [-0.15, -0.1) is 11.3 Å². The molecule has 0 unspecified atom stereocenters. The number of rotatable bonds is 4. The van der Waals surface area contributed by atoms with E-state index in [1.807, 2.05) is 54.6 Å². The van der Waals surface area contributed by atoms with E-state index in [-0.39, 0.29) is 11.8 Å². The van der Waals surface area contributed by atoms with E-state index < -0.39 is 0 Å². The van der Waals surface area contributed by atoms with E-state index in [0.717, 1.165) is 36.0 Å². The SMILES string of the molecule is CNC(=O)c1c(NC(=O)c2ccc(-c3ccccc3)cc2)sc2c1CCC2. The Balaban J connectivity index is 1.57. The molecule has 0 spiro atoms. The van der Waals surface area contributed by atoms with E-state index in [0.29, 0.717) is 16.1 Å². The van der Waals surface area contributed by atoms with Crippen molar-refractivity contribution in [3.8, 4) is 11.1 Å². The van der Waals surface area contributed by atoms with Crippen molar-refractivity contribution in [3.63, 3.8) is 0 Å².